The average Bonchev–Trinajstić information content (AvgIpc) is 2.71. The normalized spacial score (nSPS) is 12.6. The van der Waals surface area contributed by atoms with Crippen molar-refractivity contribution in [3.05, 3.63) is 42.0 Å². The minimum absolute atomic E-state index is 0.288. The largest absolute Gasteiger partial charge is 0.496 e. The van der Waals surface area contributed by atoms with Crippen LogP contribution in [0.3, 0.4) is 0 Å². The highest BCUT2D eigenvalue weighted by molar-refractivity contribution is 6.02. The lowest BCUT2D eigenvalue weighted by Crippen LogP contribution is -2.16. The van der Waals surface area contributed by atoms with Gasteiger partial charge in [0, 0.05) is 29.5 Å². The van der Waals surface area contributed by atoms with Crippen LogP contribution in [0, 0.1) is 0 Å². The standard InChI is InChI=1S/C20H21NO6/c1-23-16-12-18(25-3)17(24-2)10-13(16)4-7-20(22)21-14-5-6-15-19(11-14)27-9-8-26-15/h4-7,10-12H,8-9H2,1-3H3,(H,21,22). The number of benzene rings is 2. The van der Waals surface area contributed by atoms with E-state index in [0.717, 1.165) is 0 Å². The minimum Gasteiger partial charge on any atom is -0.496 e. The van der Waals surface area contributed by atoms with E-state index in [2.05, 4.69) is 5.32 Å². The van der Waals surface area contributed by atoms with Crippen LogP contribution in [0.15, 0.2) is 36.4 Å². The topological polar surface area (TPSA) is 75.3 Å². The third-order valence-corrected chi connectivity index (χ3v) is 3.96. The Kier molecular flexibility index (Phi) is 5.71. The molecule has 0 radical (unpaired) electrons. The summed E-state index contributed by atoms with van der Waals surface area (Å²) in [5, 5.41) is 2.79. The molecule has 2 aromatic rings. The maximum Gasteiger partial charge on any atom is 0.248 e. The first-order chi connectivity index (χ1) is 13.1. The van der Waals surface area contributed by atoms with E-state index in [4.69, 9.17) is 23.7 Å². The number of hydrogen-bond donors (Lipinski definition) is 1. The number of methoxy groups -OCH3 is 3. The number of anilines is 1. The Morgan fingerprint density at radius 1 is 0.926 bits per heavy atom. The quantitative estimate of drug-likeness (QED) is 0.787. The number of fused-ring (bicyclic) bond motifs is 1. The van der Waals surface area contributed by atoms with Crippen molar-refractivity contribution in [2.24, 2.45) is 0 Å². The molecular weight excluding hydrogens is 350 g/mol. The van der Waals surface area contributed by atoms with Crippen molar-refractivity contribution in [2.45, 2.75) is 0 Å². The molecule has 7 heteroatoms. The van der Waals surface area contributed by atoms with Crippen LogP contribution in [-0.2, 0) is 4.79 Å². The lowest BCUT2D eigenvalue weighted by Gasteiger charge is -2.18. The molecule has 0 unspecified atom stereocenters. The van der Waals surface area contributed by atoms with E-state index in [9.17, 15) is 4.79 Å². The number of rotatable bonds is 6. The third-order valence-electron chi connectivity index (χ3n) is 3.96. The summed E-state index contributed by atoms with van der Waals surface area (Å²) in [5.41, 5.74) is 1.31. The second kappa shape index (κ2) is 8.35. The summed E-state index contributed by atoms with van der Waals surface area (Å²) in [4.78, 5) is 12.3. The van der Waals surface area contributed by atoms with Crippen molar-refractivity contribution in [2.75, 3.05) is 39.9 Å². The zero-order valence-corrected chi connectivity index (χ0v) is 15.4. The monoisotopic (exact) mass is 371 g/mol. The molecule has 1 aliphatic heterocycles. The maximum atomic E-state index is 12.3. The van der Waals surface area contributed by atoms with Gasteiger partial charge in [0.1, 0.15) is 19.0 Å². The Labute approximate surface area is 157 Å². The summed E-state index contributed by atoms with van der Waals surface area (Å²) < 4.78 is 26.9. The van der Waals surface area contributed by atoms with Gasteiger partial charge in [-0.2, -0.15) is 0 Å². The SMILES string of the molecule is COc1cc(OC)c(OC)cc1C=CC(=O)Nc1ccc2c(c1)OCCO2. The van der Waals surface area contributed by atoms with E-state index >= 15 is 0 Å². The number of ether oxygens (including phenoxy) is 5. The maximum absolute atomic E-state index is 12.3. The van der Waals surface area contributed by atoms with Gasteiger partial charge in [0.15, 0.2) is 23.0 Å². The van der Waals surface area contributed by atoms with Crippen LogP contribution < -0.4 is 29.0 Å². The molecule has 3 rings (SSSR count). The highest BCUT2D eigenvalue weighted by Gasteiger charge is 2.13. The lowest BCUT2D eigenvalue weighted by molar-refractivity contribution is -0.111. The van der Waals surface area contributed by atoms with E-state index in [0.29, 0.717) is 53.2 Å². The van der Waals surface area contributed by atoms with Gasteiger partial charge in [0.2, 0.25) is 5.91 Å². The van der Waals surface area contributed by atoms with Gasteiger partial charge in [-0.05, 0) is 24.3 Å². The van der Waals surface area contributed by atoms with E-state index in [1.807, 2.05) is 0 Å². The summed E-state index contributed by atoms with van der Waals surface area (Å²) in [7, 11) is 4.65. The molecule has 0 aromatic heterocycles. The van der Waals surface area contributed by atoms with Crippen molar-refractivity contribution in [3.8, 4) is 28.7 Å². The van der Waals surface area contributed by atoms with Crippen LogP contribution in [-0.4, -0.2) is 40.5 Å². The molecule has 0 bridgehead atoms. The zero-order chi connectivity index (χ0) is 19.2. The van der Waals surface area contributed by atoms with Crippen molar-refractivity contribution < 1.29 is 28.5 Å². The molecule has 0 spiro atoms. The fourth-order valence-corrected chi connectivity index (χ4v) is 2.65. The Balaban J connectivity index is 1.75. The van der Waals surface area contributed by atoms with Crippen LogP contribution in [0.4, 0.5) is 5.69 Å². The second-order valence-corrected chi connectivity index (χ2v) is 5.63. The molecule has 142 valence electrons. The van der Waals surface area contributed by atoms with Crippen LogP contribution >= 0.6 is 0 Å². The predicted octanol–water partition coefficient (Wildman–Crippen LogP) is 3.14. The van der Waals surface area contributed by atoms with Crippen LogP contribution in [0.25, 0.3) is 6.08 Å². The molecular formula is C20H21NO6. The molecule has 0 fully saturated rings. The number of carbonyl (C=O) groups is 1. The summed E-state index contributed by atoms with van der Waals surface area (Å²) in [6.45, 7) is 1.01. The van der Waals surface area contributed by atoms with E-state index in [1.54, 1.807) is 57.7 Å². The van der Waals surface area contributed by atoms with Gasteiger partial charge >= 0.3 is 0 Å². The van der Waals surface area contributed by atoms with Gasteiger partial charge in [-0.15, -0.1) is 0 Å². The second-order valence-electron chi connectivity index (χ2n) is 5.63. The molecule has 0 aliphatic carbocycles. The fraction of sp³-hybridized carbons (Fsp3) is 0.250. The zero-order valence-electron chi connectivity index (χ0n) is 15.4. The van der Waals surface area contributed by atoms with E-state index < -0.39 is 0 Å². The number of nitrogens with one attached hydrogen (secondary N) is 1. The van der Waals surface area contributed by atoms with Crippen molar-refractivity contribution in [3.63, 3.8) is 0 Å². The predicted molar refractivity (Wildman–Crippen MR) is 101 cm³/mol. The number of hydrogen-bond acceptors (Lipinski definition) is 6. The molecule has 2 aromatic carbocycles. The Morgan fingerprint density at radius 2 is 1.59 bits per heavy atom. The minimum atomic E-state index is -0.288. The Morgan fingerprint density at radius 3 is 2.30 bits per heavy atom. The first-order valence-electron chi connectivity index (χ1n) is 8.33. The van der Waals surface area contributed by atoms with Crippen molar-refractivity contribution in [1.29, 1.82) is 0 Å². The smallest absolute Gasteiger partial charge is 0.248 e. The molecule has 7 nitrogen and oxygen atoms in total. The Bertz CT molecular complexity index is 862. The van der Waals surface area contributed by atoms with Crippen LogP contribution in [0.2, 0.25) is 0 Å². The number of carbonyl (C=O) groups excluding carboxylic acids is 1. The first-order valence-corrected chi connectivity index (χ1v) is 8.33. The fourth-order valence-electron chi connectivity index (χ4n) is 2.65. The van der Waals surface area contributed by atoms with Gasteiger partial charge < -0.3 is 29.0 Å². The van der Waals surface area contributed by atoms with E-state index in [1.165, 1.54) is 6.08 Å². The van der Waals surface area contributed by atoms with Gasteiger partial charge in [0.25, 0.3) is 0 Å². The first kappa shape index (κ1) is 18.4. The van der Waals surface area contributed by atoms with Crippen LogP contribution in [0.1, 0.15) is 5.56 Å². The average molecular weight is 371 g/mol. The Hall–Kier alpha value is -3.35. The summed E-state index contributed by atoms with van der Waals surface area (Å²) in [5.74, 6) is 2.66. The van der Waals surface area contributed by atoms with Crippen LogP contribution in [0.5, 0.6) is 28.7 Å². The van der Waals surface area contributed by atoms with Crippen molar-refractivity contribution in [1.82, 2.24) is 0 Å². The van der Waals surface area contributed by atoms with Gasteiger partial charge in [0.05, 0.1) is 21.3 Å². The third kappa shape index (κ3) is 4.25. The molecule has 0 saturated carbocycles. The molecule has 0 atom stereocenters. The molecule has 1 N–H and O–H groups in total. The van der Waals surface area contributed by atoms with E-state index in [-0.39, 0.29) is 5.91 Å². The summed E-state index contributed by atoms with van der Waals surface area (Å²) in [6, 6.07) is 8.71. The lowest BCUT2D eigenvalue weighted by atomic mass is 10.1. The molecule has 1 aliphatic rings. The molecule has 1 heterocycles. The van der Waals surface area contributed by atoms with Gasteiger partial charge in [-0.1, -0.05) is 0 Å². The summed E-state index contributed by atoms with van der Waals surface area (Å²) in [6.07, 6.45) is 3.06. The number of amides is 1. The van der Waals surface area contributed by atoms with Gasteiger partial charge in [-0.3, -0.25) is 4.79 Å². The highest BCUT2D eigenvalue weighted by atomic mass is 16.6. The molecule has 0 saturated heterocycles. The summed E-state index contributed by atoms with van der Waals surface area (Å²) >= 11 is 0. The van der Waals surface area contributed by atoms with Gasteiger partial charge in [-0.25, -0.2) is 0 Å². The highest BCUT2D eigenvalue weighted by Crippen LogP contribution is 2.35. The van der Waals surface area contributed by atoms with Crippen molar-refractivity contribution >= 4 is 17.7 Å². The molecule has 27 heavy (non-hydrogen) atoms. The molecule has 1 amide bonds.